The number of aryl methyl sites for hydroxylation is 1. The van der Waals surface area contributed by atoms with E-state index >= 15 is 0 Å². The summed E-state index contributed by atoms with van der Waals surface area (Å²) in [4.78, 5) is 11.9. The lowest BCUT2D eigenvalue weighted by Crippen LogP contribution is -2.40. The molecule has 0 saturated heterocycles. The van der Waals surface area contributed by atoms with Crippen LogP contribution < -0.4 is 10.0 Å². The number of hydrogen-bond donors (Lipinski definition) is 5. The Morgan fingerprint density at radius 3 is 2.11 bits per heavy atom. The molecular weight excluding hydrogens is 372 g/mol. The van der Waals surface area contributed by atoms with E-state index in [1.807, 2.05) is 11.6 Å². The van der Waals surface area contributed by atoms with Crippen molar-refractivity contribution in [1.82, 2.24) is 10.0 Å². The Morgan fingerprint density at radius 2 is 1.59 bits per heavy atom. The van der Waals surface area contributed by atoms with Crippen LogP contribution in [0.15, 0.2) is 41.3 Å². The summed E-state index contributed by atoms with van der Waals surface area (Å²) >= 11 is 0. The van der Waals surface area contributed by atoms with Gasteiger partial charge in [0, 0.05) is 17.7 Å². The van der Waals surface area contributed by atoms with E-state index in [2.05, 4.69) is 5.32 Å². The number of amides is 2. The number of sulfonamides is 1. The molecule has 0 aliphatic carbocycles. The van der Waals surface area contributed by atoms with E-state index in [0.29, 0.717) is 12.0 Å². The Hall–Kier alpha value is -2.62. The fourth-order valence-corrected chi connectivity index (χ4v) is 3.40. The first-order valence-electron chi connectivity index (χ1n) is 8.19. The van der Waals surface area contributed by atoms with Crippen LogP contribution in [0.1, 0.15) is 22.3 Å². The van der Waals surface area contributed by atoms with Gasteiger partial charge in [-0.15, -0.1) is 0 Å². The molecule has 0 saturated carbocycles. The lowest BCUT2D eigenvalue weighted by atomic mass is 10.0. The number of urea groups is 1. The summed E-state index contributed by atoms with van der Waals surface area (Å²) in [6.45, 7) is 1.16. The van der Waals surface area contributed by atoms with Crippen LogP contribution >= 0.6 is 0 Å². The monoisotopic (exact) mass is 394 g/mol. The molecule has 2 aromatic rings. The van der Waals surface area contributed by atoms with Crippen LogP contribution in [-0.4, -0.2) is 36.3 Å². The summed E-state index contributed by atoms with van der Waals surface area (Å²) < 4.78 is 26.2. The molecule has 8 nitrogen and oxygen atoms in total. The van der Waals surface area contributed by atoms with Gasteiger partial charge in [-0.3, -0.25) is 0 Å². The third-order valence-corrected chi connectivity index (χ3v) is 5.27. The molecule has 9 heteroatoms. The Kier molecular flexibility index (Phi) is 6.78. The number of nitrogens with one attached hydrogen (secondary N) is 2. The molecule has 0 aliphatic heterocycles. The van der Waals surface area contributed by atoms with Gasteiger partial charge in [0.05, 0.1) is 18.1 Å². The molecule has 5 N–H and O–H groups in total. The Bertz CT molecular complexity index is 885. The van der Waals surface area contributed by atoms with Crippen molar-refractivity contribution >= 4 is 16.1 Å². The molecule has 0 aliphatic rings. The van der Waals surface area contributed by atoms with Crippen molar-refractivity contribution in [2.45, 2.75) is 31.5 Å². The van der Waals surface area contributed by atoms with Crippen molar-refractivity contribution in [3.05, 3.63) is 58.7 Å². The standard InChI is InChI=1S/C18H22N2O6S/c1-12-2-4-16(5-3-12)27(25,26)20-18(24)19-7-6-13-8-14(10-21)17(23)15(9-13)11-22/h2-5,8-9,21-23H,6-7,10-11H2,1H3,(H2,19,20,24). The zero-order valence-electron chi connectivity index (χ0n) is 14.8. The molecule has 146 valence electrons. The van der Waals surface area contributed by atoms with Crippen LogP contribution in [0.25, 0.3) is 0 Å². The van der Waals surface area contributed by atoms with Crippen LogP contribution in [0.2, 0.25) is 0 Å². The summed E-state index contributed by atoms with van der Waals surface area (Å²) in [6, 6.07) is 8.33. The summed E-state index contributed by atoms with van der Waals surface area (Å²) in [7, 11) is -3.96. The summed E-state index contributed by atoms with van der Waals surface area (Å²) in [5.41, 5.74) is 2.10. The minimum atomic E-state index is -3.96. The average Bonchev–Trinajstić information content (AvgIpc) is 2.62. The molecule has 0 heterocycles. The average molecular weight is 394 g/mol. The maximum Gasteiger partial charge on any atom is 0.328 e. The summed E-state index contributed by atoms with van der Waals surface area (Å²) in [6.07, 6.45) is 0.318. The summed E-state index contributed by atoms with van der Waals surface area (Å²) in [5.74, 6) is -0.168. The van der Waals surface area contributed by atoms with Crippen LogP contribution in [0, 0.1) is 6.92 Å². The van der Waals surface area contributed by atoms with E-state index in [-0.39, 0.29) is 28.3 Å². The van der Waals surface area contributed by atoms with Crippen molar-refractivity contribution in [1.29, 1.82) is 0 Å². The molecule has 0 aromatic heterocycles. The molecule has 0 atom stereocenters. The second-order valence-corrected chi connectivity index (χ2v) is 7.69. The number of aliphatic hydroxyl groups is 2. The molecule has 27 heavy (non-hydrogen) atoms. The lowest BCUT2D eigenvalue weighted by Gasteiger charge is -2.12. The molecule has 2 rings (SSSR count). The van der Waals surface area contributed by atoms with Gasteiger partial charge < -0.3 is 20.6 Å². The first-order valence-corrected chi connectivity index (χ1v) is 9.68. The molecule has 0 unspecified atom stereocenters. The molecule has 0 fully saturated rings. The number of rotatable bonds is 7. The molecule has 0 bridgehead atoms. The van der Waals surface area contributed by atoms with E-state index in [4.69, 9.17) is 0 Å². The van der Waals surface area contributed by atoms with Gasteiger partial charge in [-0.25, -0.2) is 17.9 Å². The SMILES string of the molecule is Cc1ccc(S(=O)(=O)NC(=O)NCCc2cc(CO)c(O)c(CO)c2)cc1. The predicted octanol–water partition coefficient (Wildman–Crippen LogP) is 0.916. The van der Waals surface area contributed by atoms with Gasteiger partial charge in [-0.05, 0) is 43.2 Å². The van der Waals surface area contributed by atoms with E-state index in [0.717, 1.165) is 5.56 Å². The first kappa shape index (κ1) is 20.7. The largest absolute Gasteiger partial charge is 0.507 e. The Balaban J connectivity index is 1.95. The van der Waals surface area contributed by atoms with Crippen molar-refractivity contribution in [3.63, 3.8) is 0 Å². The highest BCUT2D eigenvalue weighted by Gasteiger charge is 2.17. The minimum absolute atomic E-state index is 0.0121. The van der Waals surface area contributed by atoms with E-state index < -0.39 is 29.3 Å². The predicted molar refractivity (Wildman–Crippen MR) is 98.6 cm³/mol. The molecule has 0 radical (unpaired) electrons. The van der Waals surface area contributed by atoms with Gasteiger partial charge in [-0.1, -0.05) is 17.7 Å². The number of carbonyl (C=O) groups is 1. The Labute approximate surface area is 157 Å². The number of phenols is 1. The van der Waals surface area contributed by atoms with E-state index in [9.17, 15) is 28.5 Å². The Morgan fingerprint density at radius 1 is 1.04 bits per heavy atom. The second-order valence-electron chi connectivity index (χ2n) is 6.00. The number of hydrogen-bond acceptors (Lipinski definition) is 6. The van der Waals surface area contributed by atoms with Gasteiger partial charge in [0.2, 0.25) is 0 Å². The van der Waals surface area contributed by atoms with Gasteiger partial charge in [0.1, 0.15) is 5.75 Å². The van der Waals surface area contributed by atoms with E-state index in [1.54, 1.807) is 24.3 Å². The van der Waals surface area contributed by atoms with E-state index in [1.165, 1.54) is 12.1 Å². The fourth-order valence-electron chi connectivity index (χ4n) is 2.47. The van der Waals surface area contributed by atoms with Crippen LogP contribution in [0.3, 0.4) is 0 Å². The third-order valence-electron chi connectivity index (χ3n) is 3.93. The fraction of sp³-hybridized carbons (Fsp3) is 0.278. The van der Waals surface area contributed by atoms with Gasteiger partial charge >= 0.3 is 6.03 Å². The number of aliphatic hydroxyl groups excluding tert-OH is 2. The zero-order valence-corrected chi connectivity index (χ0v) is 15.6. The van der Waals surface area contributed by atoms with Crippen molar-refractivity contribution < 1.29 is 28.5 Å². The quantitative estimate of drug-likeness (QED) is 0.474. The minimum Gasteiger partial charge on any atom is -0.507 e. The topological polar surface area (TPSA) is 136 Å². The second kappa shape index (κ2) is 8.85. The highest BCUT2D eigenvalue weighted by atomic mass is 32.2. The van der Waals surface area contributed by atoms with Crippen molar-refractivity contribution in [2.75, 3.05) is 6.54 Å². The van der Waals surface area contributed by atoms with Crippen LogP contribution in [0.4, 0.5) is 4.79 Å². The first-order chi connectivity index (χ1) is 12.8. The normalized spacial score (nSPS) is 11.2. The lowest BCUT2D eigenvalue weighted by molar-refractivity contribution is 0.246. The molecule has 0 spiro atoms. The highest BCUT2D eigenvalue weighted by molar-refractivity contribution is 7.90. The number of carbonyl (C=O) groups excluding carboxylic acids is 1. The highest BCUT2D eigenvalue weighted by Crippen LogP contribution is 2.25. The third kappa shape index (κ3) is 5.43. The maximum atomic E-state index is 12.1. The molecule has 2 amide bonds. The zero-order chi connectivity index (χ0) is 20.0. The maximum absolute atomic E-state index is 12.1. The summed E-state index contributed by atoms with van der Waals surface area (Å²) in [5, 5.41) is 30.7. The van der Waals surface area contributed by atoms with Crippen LogP contribution in [0.5, 0.6) is 5.75 Å². The van der Waals surface area contributed by atoms with Crippen molar-refractivity contribution in [2.24, 2.45) is 0 Å². The number of benzene rings is 2. The smallest absolute Gasteiger partial charge is 0.328 e. The van der Waals surface area contributed by atoms with Gasteiger partial charge in [0.15, 0.2) is 0 Å². The molecular formula is C18H22N2O6S. The van der Waals surface area contributed by atoms with Crippen LogP contribution in [-0.2, 0) is 29.7 Å². The number of aromatic hydroxyl groups is 1. The molecule has 2 aromatic carbocycles. The van der Waals surface area contributed by atoms with Gasteiger partial charge in [0.25, 0.3) is 10.0 Å². The van der Waals surface area contributed by atoms with Gasteiger partial charge in [-0.2, -0.15) is 0 Å². The van der Waals surface area contributed by atoms with Crippen molar-refractivity contribution in [3.8, 4) is 5.75 Å².